The third kappa shape index (κ3) is 7.25. The molecule has 38 heavy (non-hydrogen) atoms. The highest BCUT2D eigenvalue weighted by Crippen LogP contribution is 2.29. The zero-order valence-electron chi connectivity index (χ0n) is 21.3. The number of hydrogen-bond donors (Lipinski definition) is 2. The number of nitrogens with zero attached hydrogens (tertiary/aromatic N) is 2. The number of piperidine rings is 1. The Morgan fingerprint density at radius 2 is 1.95 bits per heavy atom. The zero-order chi connectivity index (χ0) is 27.7. The first-order valence-electron chi connectivity index (χ1n) is 12.2. The van der Waals surface area contributed by atoms with Gasteiger partial charge in [0.25, 0.3) is 5.91 Å². The van der Waals surface area contributed by atoms with Crippen LogP contribution in [-0.4, -0.2) is 54.8 Å². The van der Waals surface area contributed by atoms with Crippen LogP contribution in [0.3, 0.4) is 0 Å². The van der Waals surface area contributed by atoms with Gasteiger partial charge in [0.05, 0.1) is 25.3 Å². The van der Waals surface area contributed by atoms with E-state index in [0.717, 1.165) is 24.2 Å². The molecule has 1 aliphatic rings. The predicted octanol–water partition coefficient (Wildman–Crippen LogP) is 5.05. The Morgan fingerprint density at radius 3 is 2.58 bits per heavy atom. The van der Waals surface area contributed by atoms with Gasteiger partial charge in [0, 0.05) is 35.7 Å². The number of methoxy groups -OCH3 is 1. The molecule has 0 spiro atoms. The van der Waals surface area contributed by atoms with Crippen LogP contribution >= 0.6 is 15.9 Å². The third-order valence-electron chi connectivity index (χ3n) is 5.93. The van der Waals surface area contributed by atoms with E-state index >= 15 is 0 Å². The van der Waals surface area contributed by atoms with Gasteiger partial charge in [0.15, 0.2) is 5.82 Å². The first kappa shape index (κ1) is 29.0. The summed E-state index contributed by atoms with van der Waals surface area (Å²) in [5, 5.41) is 12.0. The summed E-state index contributed by atoms with van der Waals surface area (Å²) in [4.78, 5) is 43.7. The molecule has 1 fully saturated rings. The second kappa shape index (κ2) is 13.8. The number of alkyl halides is 1. The maximum absolute atomic E-state index is 14.7. The number of carbonyl (C=O) groups excluding carboxylic acids is 3. The number of ether oxygens (including phenoxy) is 2. The highest BCUT2D eigenvalue weighted by molar-refractivity contribution is 9.09. The molecule has 1 atom stereocenters. The number of carbonyl (C=O) groups is 3. The van der Waals surface area contributed by atoms with Crippen molar-refractivity contribution in [2.45, 2.75) is 32.6 Å². The lowest BCUT2D eigenvalue weighted by molar-refractivity contribution is -0.135. The molecule has 202 valence electrons. The van der Waals surface area contributed by atoms with Gasteiger partial charge in [0.2, 0.25) is 5.91 Å². The molecule has 3 rings (SSSR count). The summed E-state index contributed by atoms with van der Waals surface area (Å²) in [7, 11) is 1.40. The van der Waals surface area contributed by atoms with Gasteiger partial charge in [-0.1, -0.05) is 15.9 Å². The second-order valence-electron chi connectivity index (χ2n) is 8.49. The molecule has 9 nitrogen and oxygen atoms in total. The standard InChI is InChI=1S/C27H30BrFN4O5/c1-3-38-27(36)24(30)20-13-15-33(18-9-7-17(8-10-18)31-23(34)6-4-5-14-28)26(35)25(20)32-22-12-11-19(37-2)16-21(22)29/h7-12,16,20,30H,3-6,13-15H2,1-2H3,(H,31,34). The van der Waals surface area contributed by atoms with Crippen LogP contribution in [0.2, 0.25) is 0 Å². The third-order valence-corrected chi connectivity index (χ3v) is 6.49. The average Bonchev–Trinajstić information content (AvgIpc) is 2.91. The summed E-state index contributed by atoms with van der Waals surface area (Å²) in [6.07, 6.45) is 2.30. The Labute approximate surface area is 229 Å². The smallest absolute Gasteiger partial charge is 0.352 e. The van der Waals surface area contributed by atoms with Gasteiger partial charge in [-0.2, -0.15) is 0 Å². The summed E-state index contributed by atoms with van der Waals surface area (Å²) in [6.45, 7) is 1.90. The Kier molecular flexibility index (Phi) is 10.5. The Hall–Kier alpha value is -3.60. The quantitative estimate of drug-likeness (QED) is 0.165. The molecule has 2 amide bonds. The minimum absolute atomic E-state index is 0.0764. The van der Waals surface area contributed by atoms with Crippen LogP contribution in [0.25, 0.3) is 0 Å². The zero-order valence-corrected chi connectivity index (χ0v) is 22.8. The molecule has 1 heterocycles. The van der Waals surface area contributed by atoms with E-state index in [9.17, 15) is 18.8 Å². The number of hydrogen-bond acceptors (Lipinski definition) is 7. The fraction of sp³-hybridized carbons (Fsp3) is 0.370. The summed E-state index contributed by atoms with van der Waals surface area (Å²) >= 11 is 3.34. The normalized spacial score (nSPS) is 16.3. The van der Waals surface area contributed by atoms with E-state index in [4.69, 9.17) is 14.9 Å². The molecule has 0 radical (unpaired) electrons. The van der Waals surface area contributed by atoms with Crippen molar-refractivity contribution < 1.29 is 28.2 Å². The topological polar surface area (TPSA) is 121 Å². The minimum Gasteiger partial charge on any atom is -0.497 e. The molecule has 2 N–H and O–H groups in total. The SMILES string of the molecule is CCOC(=O)C(=N)C1CCN(c2ccc(NC(=O)CCCCBr)cc2)C(=O)C1=Nc1ccc(OC)cc1F. The van der Waals surface area contributed by atoms with Gasteiger partial charge in [-0.05, 0) is 62.6 Å². The summed E-state index contributed by atoms with van der Waals surface area (Å²) in [5.74, 6) is -2.88. The largest absolute Gasteiger partial charge is 0.497 e. The van der Waals surface area contributed by atoms with Crippen LogP contribution < -0.4 is 15.0 Å². The number of aliphatic imine (C=N–C) groups is 1. The molecule has 1 saturated heterocycles. The summed E-state index contributed by atoms with van der Waals surface area (Å²) in [6, 6.07) is 10.8. The number of amides is 2. The Balaban J connectivity index is 1.87. The number of benzene rings is 2. The van der Waals surface area contributed by atoms with Gasteiger partial charge < -0.3 is 19.7 Å². The number of esters is 1. The van der Waals surface area contributed by atoms with Gasteiger partial charge in [0.1, 0.15) is 17.2 Å². The van der Waals surface area contributed by atoms with Crippen LogP contribution in [0.4, 0.5) is 21.5 Å². The van der Waals surface area contributed by atoms with Crippen molar-refractivity contribution in [3.05, 3.63) is 48.3 Å². The summed E-state index contributed by atoms with van der Waals surface area (Å²) < 4.78 is 24.7. The lowest BCUT2D eigenvalue weighted by atomic mass is 9.88. The molecule has 0 bridgehead atoms. The second-order valence-corrected chi connectivity index (χ2v) is 9.28. The van der Waals surface area contributed by atoms with E-state index in [2.05, 4.69) is 26.2 Å². The average molecular weight is 589 g/mol. The fourth-order valence-corrected chi connectivity index (χ4v) is 4.35. The highest BCUT2D eigenvalue weighted by Gasteiger charge is 2.39. The molecule has 11 heteroatoms. The van der Waals surface area contributed by atoms with Crippen LogP contribution in [-0.2, 0) is 19.1 Å². The van der Waals surface area contributed by atoms with Crippen LogP contribution in [0.1, 0.15) is 32.6 Å². The van der Waals surface area contributed by atoms with E-state index in [0.29, 0.717) is 17.8 Å². The van der Waals surface area contributed by atoms with Crippen molar-refractivity contribution in [2.75, 3.05) is 35.8 Å². The van der Waals surface area contributed by atoms with Crippen molar-refractivity contribution >= 4 is 62.2 Å². The van der Waals surface area contributed by atoms with E-state index in [1.54, 1.807) is 31.2 Å². The molecule has 0 saturated carbocycles. The highest BCUT2D eigenvalue weighted by atomic mass is 79.9. The van der Waals surface area contributed by atoms with E-state index < -0.39 is 29.3 Å². The Bertz CT molecular complexity index is 1220. The molecular weight excluding hydrogens is 559 g/mol. The van der Waals surface area contributed by atoms with Gasteiger partial charge >= 0.3 is 5.97 Å². The van der Waals surface area contributed by atoms with Crippen molar-refractivity contribution in [3.8, 4) is 5.75 Å². The van der Waals surface area contributed by atoms with Crippen LogP contribution in [0.5, 0.6) is 5.75 Å². The van der Waals surface area contributed by atoms with Gasteiger partial charge in [-0.25, -0.2) is 14.2 Å². The van der Waals surface area contributed by atoms with E-state index in [1.165, 1.54) is 24.1 Å². The van der Waals surface area contributed by atoms with Crippen LogP contribution in [0, 0.1) is 17.1 Å². The van der Waals surface area contributed by atoms with Gasteiger partial charge in [-0.15, -0.1) is 0 Å². The van der Waals surface area contributed by atoms with Crippen molar-refractivity contribution in [3.63, 3.8) is 0 Å². The number of nitrogens with one attached hydrogen (secondary N) is 2. The molecule has 0 aliphatic carbocycles. The van der Waals surface area contributed by atoms with Crippen molar-refractivity contribution in [1.29, 1.82) is 5.41 Å². The molecule has 1 unspecified atom stereocenters. The molecule has 2 aromatic carbocycles. The predicted molar refractivity (Wildman–Crippen MR) is 148 cm³/mol. The molecule has 2 aromatic rings. The Morgan fingerprint density at radius 1 is 1.21 bits per heavy atom. The van der Waals surface area contributed by atoms with Gasteiger partial charge in [-0.3, -0.25) is 15.0 Å². The number of halogens is 2. The van der Waals surface area contributed by atoms with Crippen molar-refractivity contribution in [2.24, 2.45) is 10.9 Å². The number of rotatable bonds is 11. The molecular formula is C27H30BrFN4O5. The minimum atomic E-state index is -0.961. The lowest BCUT2D eigenvalue weighted by Crippen LogP contribution is -2.50. The first-order chi connectivity index (χ1) is 18.3. The van der Waals surface area contributed by atoms with E-state index in [1.807, 2.05) is 0 Å². The van der Waals surface area contributed by atoms with Crippen LogP contribution in [0.15, 0.2) is 47.5 Å². The summed E-state index contributed by atoms with van der Waals surface area (Å²) in [5.41, 5.74) is 0.471. The molecule has 0 aromatic heterocycles. The fourth-order valence-electron chi connectivity index (χ4n) is 3.95. The number of anilines is 2. The lowest BCUT2D eigenvalue weighted by Gasteiger charge is -2.32. The maximum atomic E-state index is 14.7. The monoisotopic (exact) mass is 588 g/mol. The maximum Gasteiger partial charge on any atom is 0.352 e. The van der Waals surface area contributed by atoms with E-state index in [-0.39, 0.29) is 42.6 Å². The first-order valence-corrected chi connectivity index (χ1v) is 13.4. The number of unbranched alkanes of at least 4 members (excludes halogenated alkanes) is 1. The molecule has 1 aliphatic heterocycles. The van der Waals surface area contributed by atoms with Crippen molar-refractivity contribution in [1.82, 2.24) is 0 Å².